The Balaban J connectivity index is 1.23. The number of para-hydroxylation sites is 1. The number of amides is 1. The number of rotatable bonds is 6. The molecule has 4 nitrogen and oxygen atoms in total. The molecule has 0 radical (unpaired) electrons. The molecule has 1 amide bonds. The van der Waals surface area contributed by atoms with Crippen LogP contribution < -0.4 is 10.2 Å². The zero-order chi connectivity index (χ0) is 21.6. The topological polar surface area (TPSA) is 35.6 Å². The summed E-state index contributed by atoms with van der Waals surface area (Å²) in [5.74, 6) is 0.0836. The van der Waals surface area contributed by atoms with Gasteiger partial charge in [-0.1, -0.05) is 24.3 Å². The lowest BCUT2D eigenvalue weighted by Gasteiger charge is -2.43. The van der Waals surface area contributed by atoms with Crippen LogP contribution in [0.15, 0.2) is 48.5 Å². The Kier molecular flexibility index (Phi) is 7.23. The normalized spacial score (nSPS) is 20.6. The number of carbonyl (C=O) groups is 1. The van der Waals surface area contributed by atoms with Crippen molar-refractivity contribution in [3.05, 3.63) is 59.9 Å². The first-order valence-electron chi connectivity index (χ1n) is 11.7. The van der Waals surface area contributed by atoms with E-state index in [-0.39, 0.29) is 17.4 Å². The third-order valence-electron chi connectivity index (χ3n) is 6.83. The first kappa shape index (κ1) is 21.8. The van der Waals surface area contributed by atoms with Gasteiger partial charge in [0.2, 0.25) is 5.91 Å². The van der Waals surface area contributed by atoms with Gasteiger partial charge in [-0.25, -0.2) is 4.39 Å². The molecule has 2 aromatic carbocycles. The van der Waals surface area contributed by atoms with Crippen LogP contribution in [-0.2, 0) is 4.79 Å². The molecule has 4 rings (SSSR count). The smallest absolute Gasteiger partial charge is 0.224 e. The minimum Gasteiger partial charge on any atom is -0.371 e. The molecule has 1 N–H and O–H groups in total. The maximum atomic E-state index is 13.7. The van der Waals surface area contributed by atoms with Crippen LogP contribution in [-0.4, -0.2) is 43.0 Å². The standard InChI is InChI=1S/C26H34FN3O/c1-20-6-4-8-23(18-20)29-16-13-22(14-17-29)30-15-5-7-21(19-30)11-12-26(31)28-25-10-3-2-9-24(25)27/h2-4,6,8-10,18,21-22H,5,7,11-17,19H2,1H3,(H,28,31)/t21-/m0/s1. The van der Waals surface area contributed by atoms with E-state index in [1.165, 1.54) is 49.5 Å². The van der Waals surface area contributed by atoms with Crippen LogP contribution in [0.4, 0.5) is 15.8 Å². The van der Waals surface area contributed by atoms with E-state index >= 15 is 0 Å². The van der Waals surface area contributed by atoms with Crippen LogP contribution in [0.2, 0.25) is 0 Å². The average molecular weight is 424 g/mol. The molecule has 0 spiro atoms. The lowest BCUT2D eigenvalue weighted by Crippen LogP contribution is -2.48. The summed E-state index contributed by atoms with van der Waals surface area (Å²) in [6.07, 6.45) is 6.13. The summed E-state index contributed by atoms with van der Waals surface area (Å²) >= 11 is 0. The van der Waals surface area contributed by atoms with E-state index in [2.05, 4.69) is 46.3 Å². The number of benzene rings is 2. The van der Waals surface area contributed by atoms with E-state index in [1.54, 1.807) is 18.2 Å². The number of piperidine rings is 2. The number of carbonyl (C=O) groups excluding carboxylic acids is 1. The molecule has 2 heterocycles. The van der Waals surface area contributed by atoms with Crippen LogP contribution in [0.25, 0.3) is 0 Å². The zero-order valence-corrected chi connectivity index (χ0v) is 18.5. The van der Waals surface area contributed by atoms with Gasteiger partial charge in [-0.2, -0.15) is 0 Å². The quantitative estimate of drug-likeness (QED) is 0.691. The van der Waals surface area contributed by atoms with Crippen LogP contribution in [0.3, 0.4) is 0 Å². The Morgan fingerprint density at radius 2 is 1.87 bits per heavy atom. The maximum absolute atomic E-state index is 13.7. The van der Waals surface area contributed by atoms with Gasteiger partial charge in [-0.05, 0) is 81.3 Å². The Morgan fingerprint density at radius 1 is 1.06 bits per heavy atom. The molecule has 2 aliphatic rings. The third-order valence-corrected chi connectivity index (χ3v) is 6.83. The van der Waals surface area contributed by atoms with Gasteiger partial charge in [0.05, 0.1) is 5.69 Å². The van der Waals surface area contributed by atoms with Crippen molar-refractivity contribution in [3.8, 4) is 0 Å². The Bertz CT molecular complexity index is 878. The van der Waals surface area contributed by atoms with Gasteiger partial charge >= 0.3 is 0 Å². The van der Waals surface area contributed by atoms with Crippen molar-refractivity contribution in [3.63, 3.8) is 0 Å². The highest BCUT2D eigenvalue weighted by Gasteiger charge is 2.29. The van der Waals surface area contributed by atoms with Crippen molar-refractivity contribution in [2.24, 2.45) is 5.92 Å². The van der Waals surface area contributed by atoms with Gasteiger partial charge in [0.15, 0.2) is 0 Å². The Labute approximate surface area is 185 Å². The maximum Gasteiger partial charge on any atom is 0.224 e. The van der Waals surface area contributed by atoms with Gasteiger partial charge in [0, 0.05) is 37.8 Å². The number of nitrogens with one attached hydrogen (secondary N) is 1. The van der Waals surface area contributed by atoms with Crippen molar-refractivity contribution in [1.82, 2.24) is 4.90 Å². The molecule has 2 aliphatic heterocycles. The molecule has 2 fully saturated rings. The molecule has 5 heteroatoms. The van der Waals surface area contributed by atoms with Crippen LogP contribution >= 0.6 is 0 Å². The van der Waals surface area contributed by atoms with Gasteiger partial charge in [0.25, 0.3) is 0 Å². The van der Waals surface area contributed by atoms with Gasteiger partial charge in [0.1, 0.15) is 5.82 Å². The minimum absolute atomic E-state index is 0.0892. The largest absolute Gasteiger partial charge is 0.371 e. The van der Waals surface area contributed by atoms with E-state index in [0.29, 0.717) is 18.4 Å². The molecule has 2 saturated heterocycles. The zero-order valence-electron chi connectivity index (χ0n) is 18.5. The van der Waals surface area contributed by atoms with Gasteiger partial charge in [-0.15, -0.1) is 0 Å². The van der Waals surface area contributed by atoms with E-state index in [9.17, 15) is 9.18 Å². The van der Waals surface area contributed by atoms with Gasteiger partial charge < -0.3 is 10.2 Å². The molecule has 0 bridgehead atoms. The van der Waals surface area contributed by atoms with E-state index in [4.69, 9.17) is 0 Å². The Hall–Kier alpha value is -2.40. The molecular weight excluding hydrogens is 389 g/mol. The molecule has 1 atom stereocenters. The summed E-state index contributed by atoms with van der Waals surface area (Å²) in [6.45, 7) is 6.64. The second-order valence-corrected chi connectivity index (χ2v) is 9.13. The van der Waals surface area contributed by atoms with Crippen LogP contribution in [0.1, 0.15) is 44.1 Å². The monoisotopic (exact) mass is 423 g/mol. The van der Waals surface area contributed by atoms with E-state index in [1.807, 2.05) is 0 Å². The molecule has 0 unspecified atom stereocenters. The van der Waals surface area contributed by atoms with Crippen molar-refractivity contribution in [2.75, 3.05) is 36.4 Å². The summed E-state index contributed by atoms with van der Waals surface area (Å²) in [5, 5.41) is 2.72. The molecule has 31 heavy (non-hydrogen) atoms. The van der Waals surface area contributed by atoms with Crippen LogP contribution in [0.5, 0.6) is 0 Å². The fourth-order valence-electron chi connectivity index (χ4n) is 5.09. The summed E-state index contributed by atoms with van der Waals surface area (Å²) in [5.41, 5.74) is 2.94. The SMILES string of the molecule is Cc1cccc(N2CCC(N3CCC[C@@H](CCC(=O)Nc4ccccc4F)C3)CC2)c1. The first-order chi connectivity index (χ1) is 15.1. The molecule has 0 saturated carbocycles. The van der Waals surface area contributed by atoms with Crippen LogP contribution in [0, 0.1) is 18.7 Å². The fraction of sp³-hybridized carbons (Fsp3) is 0.500. The second-order valence-electron chi connectivity index (χ2n) is 9.13. The van der Waals surface area contributed by atoms with Crippen molar-refractivity contribution >= 4 is 17.3 Å². The highest BCUT2D eigenvalue weighted by atomic mass is 19.1. The lowest BCUT2D eigenvalue weighted by atomic mass is 9.90. The predicted molar refractivity (Wildman–Crippen MR) is 125 cm³/mol. The summed E-state index contributed by atoms with van der Waals surface area (Å²) < 4.78 is 13.7. The molecule has 0 aromatic heterocycles. The highest BCUT2D eigenvalue weighted by Crippen LogP contribution is 2.28. The predicted octanol–water partition coefficient (Wildman–Crippen LogP) is 5.23. The summed E-state index contributed by atoms with van der Waals surface area (Å²) in [6, 6.07) is 15.8. The third kappa shape index (κ3) is 5.85. The van der Waals surface area contributed by atoms with Gasteiger partial charge in [-0.3, -0.25) is 9.69 Å². The lowest BCUT2D eigenvalue weighted by molar-refractivity contribution is -0.116. The van der Waals surface area contributed by atoms with Crippen molar-refractivity contribution in [1.29, 1.82) is 0 Å². The number of halogens is 1. The first-order valence-corrected chi connectivity index (χ1v) is 11.7. The molecule has 0 aliphatic carbocycles. The average Bonchev–Trinajstić information content (AvgIpc) is 2.80. The minimum atomic E-state index is -0.378. The highest BCUT2D eigenvalue weighted by molar-refractivity contribution is 5.90. The summed E-state index contributed by atoms with van der Waals surface area (Å²) in [4.78, 5) is 17.5. The number of anilines is 2. The molecule has 166 valence electrons. The van der Waals surface area contributed by atoms with E-state index in [0.717, 1.165) is 26.1 Å². The summed E-state index contributed by atoms with van der Waals surface area (Å²) in [7, 11) is 0. The number of hydrogen-bond donors (Lipinski definition) is 1. The molecule has 2 aromatic rings. The van der Waals surface area contributed by atoms with Crippen molar-refractivity contribution in [2.45, 2.75) is 51.5 Å². The Morgan fingerprint density at radius 3 is 2.65 bits per heavy atom. The molecular formula is C26H34FN3O. The number of likely N-dealkylation sites (tertiary alicyclic amines) is 1. The fourth-order valence-corrected chi connectivity index (χ4v) is 5.09. The van der Waals surface area contributed by atoms with E-state index < -0.39 is 0 Å². The number of hydrogen-bond acceptors (Lipinski definition) is 3. The number of nitrogens with zero attached hydrogens (tertiary/aromatic N) is 2. The number of aryl methyl sites for hydroxylation is 1. The second kappa shape index (κ2) is 10.3. The van der Waals surface area contributed by atoms with Crippen molar-refractivity contribution < 1.29 is 9.18 Å².